The molecule has 1 aliphatic rings. The van der Waals surface area contributed by atoms with E-state index in [9.17, 15) is 4.79 Å². The summed E-state index contributed by atoms with van der Waals surface area (Å²) in [4.78, 5) is 14.4. The van der Waals surface area contributed by atoms with E-state index in [1.807, 2.05) is 34.6 Å². The Hall–Kier alpha value is -1.40. The molecular formula is C14H23N3O3. The Morgan fingerprint density at radius 3 is 2.85 bits per heavy atom. The quantitative estimate of drug-likeness (QED) is 0.915. The molecule has 2 unspecified atom stereocenters. The number of nitrogens with one attached hydrogen (secondary N) is 1. The molecule has 0 saturated carbocycles. The van der Waals surface area contributed by atoms with Gasteiger partial charge in [0.05, 0.1) is 23.4 Å². The number of aryl methyl sites for hydroxylation is 1. The van der Waals surface area contributed by atoms with E-state index in [2.05, 4.69) is 15.4 Å². The smallest absolute Gasteiger partial charge is 0.243 e. The molecule has 0 radical (unpaired) electrons. The average Bonchev–Trinajstić information content (AvgIpc) is 2.71. The van der Waals surface area contributed by atoms with Crippen molar-refractivity contribution < 1.29 is 14.1 Å². The molecule has 112 valence electrons. The van der Waals surface area contributed by atoms with Gasteiger partial charge in [0.2, 0.25) is 11.8 Å². The Morgan fingerprint density at radius 1 is 1.60 bits per heavy atom. The average molecular weight is 281 g/mol. The van der Waals surface area contributed by atoms with Gasteiger partial charge in [0.25, 0.3) is 0 Å². The van der Waals surface area contributed by atoms with Gasteiger partial charge in [-0.25, -0.2) is 0 Å². The van der Waals surface area contributed by atoms with E-state index in [1.54, 1.807) is 6.07 Å². The van der Waals surface area contributed by atoms with Gasteiger partial charge in [-0.3, -0.25) is 15.0 Å². The van der Waals surface area contributed by atoms with Crippen molar-refractivity contribution in [2.75, 3.05) is 18.4 Å². The number of carbonyl (C=O) groups is 1. The number of carbonyl (C=O) groups excluding carboxylic acids is 1. The third-order valence-electron chi connectivity index (χ3n) is 3.40. The standard InChI is InChI=1S/C14H23N3O3/c1-9-6-12(20-16-9)15-13(18)11(3)17-7-10(2)19-14(4,5)8-17/h6,10-11H,7-8H2,1-5H3,(H,15,18). The number of amides is 1. The second-order valence-corrected chi connectivity index (χ2v) is 6.12. The SMILES string of the molecule is Cc1cc(NC(=O)C(C)N2CC(C)OC(C)(C)C2)on1. The van der Waals surface area contributed by atoms with Crippen molar-refractivity contribution >= 4 is 11.8 Å². The number of nitrogens with zero attached hydrogens (tertiary/aromatic N) is 2. The van der Waals surface area contributed by atoms with Crippen molar-refractivity contribution in [1.82, 2.24) is 10.1 Å². The Labute approximate surface area is 119 Å². The lowest BCUT2D eigenvalue weighted by molar-refractivity contribution is -0.145. The van der Waals surface area contributed by atoms with Crippen LogP contribution in [-0.2, 0) is 9.53 Å². The van der Waals surface area contributed by atoms with Gasteiger partial charge in [0.1, 0.15) is 0 Å². The molecule has 2 rings (SSSR count). The third-order valence-corrected chi connectivity index (χ3v) is 3.40. The highest BCUT2D eigenvalue weighted by Crippen LogP contribution is 2.22. The molecule has 6 heteroatoms. The second kappa shape index (κ2) is 5.54. The van der Waals surface area contributed by atoms with Crippen molar-refractivity contribution in [2.45, 2.75) is 52.4 Å². The van der Waals surface area contributed by atoms with Gasteiger partial charge in [-0.1, -0.05) is 5.16 Å². The fourth-order valence-corrected chi connectivity index (χ4v) is 2.61. The summed E-state index contributed by atoms with van der Waals surface area (Å²) in [7, 11) is 0. The Balaban J connectivity index is 1.99. The number of rotatable bonds is 3. The zero-order chi connectivity index (χ0) is 14.9. The summed E-state index contributed by atoms with van der Waals surface area (Å²) in [5.41, 5.74) is 0.503. The van der Waals surface area contributed by atoms with Gasteiger partial charge >= 0.3 is 0 Å². The van der Waals surface area contributed by atoms with Crippen LogP contribution in [0.1, 0.15) is 33.4 Å². The van der Waals surface area contributed by atoms with E-state index in [0.717, 1.165) is 18.8 Å². The summed E-state index contributed by atoms with van der Waals surface area (Å²) in [6, 6.07) is 1.46. The van der Waals surface area contributed by atoms with Gasteiger partial charge in [-0.15, -0.1) is 0 Å². The first-order valence-corrected chi connectivity index (χ1v) is 6.93. The summed E-state index contributed by atoms with van der Waals surface area (Å²) in [6.45, 7) is 11.3. The van der Waals surface area contributed by atoms with Gasteiger partial charge in [0.15, 0.2) is 0 Å². The maximum Gasteiger partial charge on any atom is 0.243 e. The minimum atomic E-state index is -0.244. The van der Waals surface area contributed by atoms with Crippen molar-refractivity contribution in [2.24, 2.45) is 0 Å². The van der Waals surface area contributed by atoms with E-state index < -0.39 is 0 Å². The molecule has 0 spiro atoms. The summed E-state index contributed by atoms with van der Waals surface area (Å²) in [5, 5.41) is 6.50. The lowest BCUT2D eigenvalue weighted by atomic mass is 10.0. The molecule has 6 nitrogen and oxygen atoms in total. The lowest BCUT2D eigenvalue weighted by Crippen LogP contribution is -2.56. The number of hydrogen-bond donors (Lipinski definition) is 1. The first kappa shape index (κ1) is 15.0. The molecular weight excluding hydrogens is 258 g/mol. The van der Waals surface area contributed by atoms with Gasteiger partial charge in [0, 0.05) is 19.2 Å². The van der Waals surface area contributed by atoms with E-state index in [0.29, 0.717) is 5.88 Å². The minimum Gasteiger partial charge on any atom is -0.370 e. The van der Waals surface area contributed by atoms with E-state index in [-0.39, 0.29) is 23.7 Å². The monoisotopic (exact) mass is 281 g/mol. The van der Waals surface area contributed by atoms with Gasteiger partial charge in [-0.2, -0.15) is 0 Å². The molecule has 0 aromatic carbocycles. The largest absolute Gasteiger partial charge is 0.370 e. The van der Waals surface area contributed by atoms with Gasteiger partial charge < -0.3 is 9.26 Å². The Kier molecular flexibility index (Phi) is 4.15. The molecule has 1 aliphatic heterocycles. The van der Waals surface area contributed by atoms with Crippen molar-refractivity contribution in [3.63, 3.8) is 0 Å². The van der Waals surface area contributed by atoms with Crippen molar-refractivity contribution in [1.29, 1.82) is 0 Å². The maximum absolute atomic E-state index is 12.3. The minimum absolute atomic E-state index is 0.0916. The molecule has 0 bridgehead atoms. The summed E-state index contributed by atoms with van der Waals surface area (Å²) < 4.78 is 10.9. The number of morpholine rings is 1. The van der Waals surface area contributed by atoms with Crippen LogP contribution in [0, 0.1) is 6.92 Å². The summed E-state index contributed by atoms with van der Waals surface area (Å²) in [6.07, 6.45) is 0.113. The number of anilines is 1. The molecule has 2 atom stereocenters. The van der Waals surface area contributed by atoms with Crippen LogP contribution in [0.2, 0.25) is 0 Å². The van der Waals surface area contributed by atoms with Crippen LogP contribution in [0.15, 0.2) is 10.6 Å². The molecule has 1 saturated heterocycles. The topological polar surface area (TPSA) is 67.6 Å². The number of ether oxygens (including phenoxy) is 1. The number of aromatic nitrogens is 1. The third kappa shape index (κ3) is 3.58. The second-order valence-electron chi connectivity index (χ2n) is 6.12. The van der Waals surface area contributed by atoms with E-state index >= 15 is 0 Å². The fraction of sp³-hybridized carbons (Fsp3) is 0.714. The molecule has 20 heavy (non-hydrogen) atoms. The van der Waals surface area contributed by atoms with Crippen LogP contribution in [0.25, 0.3) is 0 Å². The molecule has 0 aliphatic carbocycles. The maximum atomic E-state index is 12.3. The predicted octanol–water partition coefficient (Wildman–Crippen LogP) is 1.81. The Bertz CT molecular complexity index is 484. The van der Waals surface area contributed by atoms with Crippen LogP contribution < -0.4 is 5.32 Å². The van der Waals surface area contributed by atoms with Crippen molar-refractivity contribution in [3.05, 3.63) is 11.8 Å². The highest BCUT2D eigenvalue weighted by molar-refractivity contribution is 5.93. The predicted molar refractivity (Wildman–Crippen MR) is 75.5 cm³/mol. The van der Waals surface area contributed by atoms with Gasteiger partial charge in [-0.05, 0) is 34.6 Å². The zero-order valence-electron chi connectivity index (χ0n) is 12.8. The molecule has 2 heterocycles. The molecule has 1 aromatic heterocycles. The molecule has 1 fully saturated rings. The number of hydrogen-bond acceptors (Lipinski definition) is 5. The molecule has 1 aromatic rings. The van der Waals surface area contributed by atoms with Crippen LogP contribution >= 0.6 is 0 Å². The first-order chi connectivity index (χ1) is 9.27. The first-order valence-electron chi connectivity index (χ1n) is 6.93. The van der Waals surface area contributed by atoms with Crippen LogP contribution in [0.3, 0.4) is 0 Å². The lowest BCUT2D eigenvalue weighted by Gasteiger charge is -2.43. The van der Waals surface area contributed by atoms with Crippen LogP contribution in [0.5, 0.6) is 0 Å². The summed E-state index contributed by atoms with van der Waals surface area (Å²) in [5.74, 6) is 0.297. The van der Waals surface area contributed by atoms with Crippen molar-refractivity contribution in [3.8, 4) is 0 Å². The molecule has 1 N–H and O–H groups in total. The Morgan fingerprint density at radius 2 is 2.30 bits per heavy atom. The fourth-order valence-electron chi connectivity index (χ4n) is 2.61. The summed E-state index contributed by atoms with van der Waals surface area (Å²) >= 11 is 0. The van der Waals surface area contributed by atoms with Crippen LogP contribution in [0.4, 0.5) is 5.88 Å². The normalized spacial score (nSPS) is 24.4. The van der Waals surface area contributed by atoms with E-state index in [4.69, 9.17) is 9.26 Å². The van der Waals surface area contributed by atoms with E-state index in [1.165, 1.54) is 0 Å². The highest BCUT2D eigenvalue weighted by atomic mass is 16.5. The molecule has 1 amide bonds. The zero-order valence-corrected chi connectivity index (χ0v) is 12.8. The highest BCUT2D eigenvalue weighted by Gasteiger charge is 2.35. The van der Waals surface area contributed by atoms with Crippen LogP contribution in [-0.4, -0.2) is 46.8 Å².